The lowest BCUT2D eigenvalue weighted by Gasteiger charge is -2.34. The van der Waals surface area contributed by atoms with Gasteiger partial charge in [0.15, 0.2) is 0 Å². The van der Waals surface area contributed by atoms with Crippen molar-refractivity contribution in [1.29, 1.82) is 0 Å². The number of piperidine rings is 1. The maximum atomic E-state index is 15.1. The molecular formula is C32H36F2N4O2. The highest BCUT2D eigenvalue weighted by atomic mass is 19.1. The molecule has 0 radical (unpaired) electrons. The van der Waals surface area contributed by atoms with Crippen LogP contribution in [0.4, 0.5) is 14.5 Å². The monoisotopic (exact) mass is 546 g/mol. The number of unbranched alkanes of at least 4 members (excludes halogenated alkanes) is 1. The Morgan fingerprint density at radius 1 is 1.05 bits per heavy atom. The SMILES string of the molecule is CCCCOc1ccc(N2CCC(c3ccc(CNC(=O)c4c(CC)nc5cc(F)ccn45)c(F)c3)CC2)cc1. The van der Waals surface area contributed by atoms with Crippen LogP contribution >= 0.6 is 0 Å². The first-order valence-corrected chi connectivity index (χ1v) is 14.2. The van der Waals surface area contributed by atoms with E-state index in [0.717, 1.165) is 56.7 Å². The number of amides is 1. The van der Waals surface area contributed by atoms with Crippen molar-refractivity contribution in [2.24, 2.45) is 0 Å². The third-order valence-electron chi connectivity index (χ3n) is 7.66. The highest BCUT2D eigenvalue weighted by Gasteiger charge is 2.23. The Bertz CT molecular complexity index is 1460. The molecule has 6 nitrogen and oxygen atoms in total. The summed E-state index contributed by atoms with van der Waals surface area (Å²) in [4.78, 5) is 19.7. The Hall–Kier alpha value is -3.94. The lowest BCUT2D eigenvalue weighted by atomic mass is 9.88. The molecule has 0 atom stereocenters. The molecule has 0 aliphatic carbocycles. The van der Waals surface area contributed by atoms with E-state index < -0.39 is 5.82 Å². The van der Waals surface area contributed by atoms with Crippen LogP contribution in [0.5, 0.6) is 5.75 Å². The summed E-state index contributed by atoms with van der Waals surface area (Å²) in [5, 5.41) is 2.82. The minimum absolute atomic E-state index is 0.0547. The van der Waals surface area contributed by atoms with Gasteiger partial charge in [-0.2, -0.15) is 0 Å². The number of hydrogen-bond acceptors (Lipinski definition) is 4. The molecule has 5 rings (SSSR count). The molecule has 3 heterocycles. The van der Waals surface area contributed by atoms with E-state index in [4.69, 9.17) is 4.74 Å². The van der Waals surface area contributed by atoms with Gasteiger partial charge in [0.1, 0.15) is 28.7 Å². The summed E-state index contributed by atoms with van der Waals surface area (Å²) in [6.45, 7) is 6.65. The van der Waals surface area contributed by atoms with E-state index in [0.29, 0.717) is 29.0 Å². The number of benzene rings is 2. The Morgan fingerprint density at radius 2 is 1.82 bits per heavy atom. The third-order valence-corrected chi connectivity index (χ3v) is 7.66. The molecule has 0 spiro atoms. The molecule has 1 aliphatic heterocycles. The first-order valence-electron chi connectivity index (χ1n) is 14.2. The molecule has 0 saturated carbocycles. The van der Waals surface area contributed by atoms with Gasteiger partial charge >= 0.3 is 0 Å². The Morgan fingerprint density at radius 3 is 2.52 bits per heavy atom. The molecule has 1 amide bonds. The number of nitrogens with zero attached hydrogens (tertiary/aromatic N) is 3. The van der Waals surface area contributed by atoms with Gasteiger partial charge in [0.2, 0.25) is 0 Å². The summed E-state index contributed by atoms with van der Waals surface area (Å²) in [7, 11) is 0. The molecule has 2 aromatic carbocycles. The predicted molar refractivity (Wildman–Crippen MR) is 153 cm³/mol. The fourth-order valence-electron chi connectivity index (χ4n) is 5.33. The zero-order valence-corrected chi connectivity index (χ0v) is 23.1. The molecule has 1 fully saturated rings. The van der Waals surface area contributed by atoms with Crippen molar-refractivity contribution in [1.82, 2.24) is 14.7 Å². The summed E-state index contributed by atoms with van der Waals surface area (Å²) in [5.41, 5.74) is 3.89. The molecule has 8 heteroatoms. The molecule has 1 aliphatic rings. The van der Waals surface area contributed by atoms with Gasteiger partial charge in [-0.15, -0.1) is 0 Å². The normalized spacial score (nSPS) is 14.1. The van der Waals surface area contributed by atoms with Gasteiger partial charge in [-0.05, 0) is 73.6 Å². The lowest BCUT2D eigenvalue weighted by molar-refractivity contribution is 0.0943. The molecule has 210 valence electrons. The summed E-state index contributed by atoms with van der Waals surface area (Å²) < 4.78 is 36.1. The fourth-order valence-corrected chi connectivity index (χ4v) is 5.33. The molecule has 1 N–H and O–H groups in total. The van der Waals surface area contributed by atoms with Gasteiger partial charge in [-0.3, -0.25) is 9.20 Å². The number of anilines is 1. The minimum atomic E-state index is -0.415. The topological polar surface area (TPSA) is 58.9 Å². The van der Waals surface area contributed by atoms with Gasteiger partial charge in [0.25, 0.3) is 5.91 Å². The Balaban J connectivity index is 1.17. The number of hydrogen-bond donors (Lipinski definition) is 1. The number of aromatic nitrogens is 2. The van der Waals surface area contributed by atoms with Crippen LogP contribution in [0.3, 0.4) is 0 Å². The van der Waals surface area contributed by atoms with E-state index >= 15 is 4.39 Å². The summed E-state index contributed by atoms with van der Waals surface area (Å²) in [6, 6.07) is 16.2. The Labute approximate surface area is 234 Å². The van der Waals surface area contributed by atoms with Gasteiger partial charge < -0.3 is 15.0 Å². The van der Waals surface area contributed by atoms with E-state index in [-0.39, 0.29) is 24.2 Å². The number of rotatable bonds is 10. The van der Waals surface area contributed by atoms with Gasteiger partial charge in [0.05, 0.1) is 12.3 Å². The number of nitrogens with one attached hydrogen (secondary N) is 1. The van der Waals surface area contributed by atoms with Crippen LogP contribution in [-0.2, 0) is 13.0 Å². The standard InChI is InChI=1S/C32H36F2N4O2/c1-3-5-18-40-27-10-8-26(9-11-27)37-15-12-22(13-16-37)23-6-7-24(28(34)19-23)21-35-32(39)31-29(4-2)36-30-20-25(33)14-17-38(30)31/h6-11,14,17,19-20,22H,3-5,12-13,15-16,18,21H2,1-2H3,(H,35,39). The van der Waals surface area contributed by atoms with Crippen molar-refractivity contribution in [3.05, 3.63) is 94.9 Å². The largest absolute Gasteiger partial charge is 0.494 e. The van der Waals surface area contributed by atoms with Crippen LogP contribution in [0.1, 0.15) is 72.8 Å². The number of fused-ring (bicyclic) bond motifs is 1. The van der Waals surface area contributed by atoms with E-state index in [9.17, 15) is 9.18 Å². The molecule has 4 aromatic rings. The van der Waals surface area contributed by atoms with Gasteiger partial charge in [-0.1, -0.05) is 32.4 Å². The number of aryl methyl sites for hydroxylation is 1. The van der Waals surface area contributed by atoms with Crippen molar-refractivity contribution in [3.8, 4) is 5.75 Å². The maximum Gasteiger partial charge on any atom is 0.270 e. The minimum Gasteiger partial charge on any atom is -0.494 e. The van der Waals surface area contributed by atoms with Crippen molar-refractivity contribution < 1.29 is 18.3 Å². The van der Waals surface area contributed by atoms with Crippen LogP contribution in [0.2, 0.25) is 0 Å². The predicted octanol–water partition coefficient (Wildman–Crippen LogP) is 6.67. The van der Waals surface area contributed by atoms with Gasteiger partial charge in [-0.25, -0.2) is 13.8 Å². The molecule has 2 aromatic heterocycles. The Kier molecular flexibility index (Phi) is 8.63. The average Bonchev–Trinajstić information content (AvgIpc) is 3.35. The molecule has 40 heavy (non-hydrogen) atoms. The zero-order valence-electron chi connectivity index (χ0n) is 23.1. The third kappa shape index (κ3) is 6.11. The van der Waals surface area contributed by atoms with Crippen LogP contribution in [-0.4, -0.2) is 35.0 Å². The molecule has 0 unspecified atom stereocenters. The van der Waals surface area contributed by atoms with Crippen LogP contribution in [0, 0.1) is 11.6 Å². The lowest BCUT2D eigenvalue weighted by Crippen LogP contribution is -2.32. The fraction of sp³-hybridized carbons (Fsp3) is 0.375. The summed E-state index contributed by atoms with van der Waals surface area (Å²) in [5.74, 6) is 0.0827. The van der Waals surface area contributed by atoms with E-state index in [1.807, 2.05) is 25.1 Å². The van der Waals surface area contributed by atoms with Crippen molar-refractivity contribution >= 4 is 17.2 Å². The van der Waals surface area contributed by atoms with Crippen LogP contribution in [0.25, 0.3) is 5.65 Å². The first kappa shape index (κ1) is 27.6. The highest BCUT2D eigenvalue weighted by molar-refractivity contribution is 5.94. The zero-order chi connectivity index (χ0) is 28.1. The summed E-state index contributed by atoms with van der Waals surface area (Å²) >= 11 is 0. The average molecular weight is 547 g/mol. The maximum absolute atomic E-state index is 15.1. The van der Waals surface area contributed by atoms with E-state index in [2.05, 4.69) is 34.3 Å². The number of imidazole rings is 1. The molecule has 0 bridgehead atoms. The van der Waals surface area contributed by atoms with Crippen molar-refractivity contribution in [3.63, 3.8) is 0 Å². The quantitative estimate of drug-likeness (QED) is 0.226. The van der Waals surface area contributed by atoms with E-state index in [1.54, 1.807) is 16.5 Å². The smallest absolute Gasteiger partial charge is 0.270 e. The second-order valence-corrected chi connectivity index (χ2v) is 10.3. The summed E-state index contributed by atoms with van der Waals surface area (Å²) in [6.07, 6.45) is 6.07. The van der Waals surface area contributed by atoms with E-state index in [1.165, 1.54) is 24.0 Å². The second kappa shape index (κ2) is 12.5. The number of pyridine rings is 1. The highest BCUT2D eigenvalue weighted by Crippen LogP contribution is 2.32. The van der Waals surface area contributed by atoms with Crippen LogP contribution < -0.4 is 15.0 Å². The molecular weight excluding hydrogens is 510 g/mol. The van der Waals surface area contributed by atoms with Crippen molar-refractivity contribution in [2.45, 2.75) is 58.4 Å². The number of ether oxygens (including phenoxy) is 1. The second-order valence-electron chi connectivity index (χ2n) is 10.3. The number of carbonyl (C=O) groups is 1. The number of halogens is 2. The van der Waals surface area contributed by atoms with Crippen LogP contribution in [0.15, 0.2) is 60.8 Å². The van der Waals surface area contributed by atoms with Crippen molar-refractivity contribution in [2.75, 3.05) is 24.6 Å². The van der Waals surface area contributed by atoms with Gasteiger partial charge in [0, 0.05) is 43.1 Å². The molecule has 1 saturated heterocycles. The first-order chi connectivity index (χ1) is 19.5. The number of carbonyl (C=O) groups excluding carboxylic acids is 1.